The van der Waals surface area contributed by atoms with Crippen molar-refractivity contribution in [3.05, 3.63) is 0 Å². The van der Waals surface area contributed by atoms with E-state index in [1.165, 1.54) is 12.8 Å². The molecule has 0 atom stereocenters. The fraction of sp³-hybridized carbons (Fsp3) is 0.938. The number of hydrogen-bond acceptors (Lipinski definition) is 3. The molecule has 1 aliphatic heterocycles. The summed E-state index contributed by atoms with van der Waals surface area (Å²) in [4.78, 5) is 12.6. The predicted molar refractivity (Wildman–Crippen MR) is 77.0 cm³/mol. The molecular formula is C16H29NO2. The fourth-order valence-corrected chi connectivity index (χ4v) is 3.56. The molecule has 0 unspecified atom stereocenters. The van der Waals surface area contributed by atoms with Crippen LogP contribution in [-0.4, -0.2) is 25.2 Å². The molecule has 1 saturated heterocycles. The average Bonchev–Trinajstić information content (AvgIpc) is 2.43. The standard InChI is InChI=1S/C16H29NO2/c1-3-8-16(9-11-17-12-10-16)15(18)19-14-6-4-13(2)5-7-14/h13-14,17H,3-12H2,1-2H3. The lowest BCUT2D eigenvalue weighted by atomic mass is 9.75. The summed E-state index contributed by atoms with van der Waals surface area (Å²) < 4.78 is 5.87. The number of piperidine rings is 1. The molecular weight excluding hydrogens is 238 g/mol. The first kappa shape index (κ1) is 14.8. The number of ether oxygens (including phenoxy) is 1. The van der Waals surface area contributed by atoms with Crippen molar-refractivity contribution in [3.63, 3.8) is 0 Å². The molecule has 1 heterocycles. The Bertz CT molecular complexity index is 284. The molecule has 0 aromatic heterocycles. The normalized spacial score (nSPS) is 30.8. The summed E-state index contributed by atoms with van der Waals surface area (Å²) in [5.41, 5.74) is -0.191. The van der Waals surface area contributed by atoms with E-state index in [0.717, 1.165) is 57.5 Å². The summed E-state index contributed by atoms with van der Waals surface area (Å²) in [5.74, 6) is 0.897. The van der Waals surface area contributed by atoms with E-state index in [-0.39, 0.29) is 17.5 Å². The van der Waals surface area contributed by atoms with Crippen LogP contribution in [0.5, 0.6) is 0 Å². The molecule has 110 valence electrons. The SMILES string of the molecule is CCCC1(C(=O)OC2CCC(C)CC2)CCNCC1. The molecule has 0 radical (unpaired) electrons. The predicted octanol–water partition coefficient (Wildman–Crippen LogP) is 3.28. The molecule has 2 aliphatic rings. The maximum absolute atomic E-state index is 12.6. The van der Waals surface area contributed by atoms with Crippen molar-refractivity contribution in [2.75, 3.05) is 13.1 Å². The Morgan fingerprint density at radius 2 is 1.84 bits per heavy atom. The van der Waals surface area contributed by atoms with Crippen LogP contribution in [0.3, 0.4) is 0 Å². The summed E-state index contributed by atoms with van der Waals surface area (Å²) in [7, 11) is 0. The molecule has 3 nitrogen and oxygen atoms in total. The van der Waals surface area contributed by atoms with Crippen molar-refractivity contribution in [2.24, 2.45) is 11.3 Å². The second-order valence-electron chi connectivity index (χ2n) is 6.57. The van der Waals surface area contributed by atoms with Crippen LogP contribution in [0.15, 0.2) is 0 Å². The van der Waals surface area contributed by atoms with Crippen LogP contribution in [0.4, 0.5) is 0 Å². The second-order valence-corrected chi connectivity index (χ2v) is 6.57. The van der Waals surface area contributed by atoms with E-state index in [0.29, 0.717) is 0 Å². The van der Waals surface area contributed by atoms with Gasteiger partial charge in [0.15, 0.2) is 0 Å². The topological polar surface area (TPSA) is 38.3 Å². The number of carbonyl (C=O) groups excluding carboxylic acids is 1. The fourth-order valence-electron chi connectivity index (χ4n) is 3.56. The minimum absolute atomic E-state index is 0.0930. The van der Waals surface area contributed by atoms with Gasteiger partial charge in [-0.1, -0.05) is 20.3 Å². The van der Waals surface area contributed by atoms with Gasteiger partial charge in [0, 0.05) is 0 Å². The zero-order valence-electron chi connectivity index (χ0n) is 12.5. The first-order valence-corrected chi connectivity index (χ1v) is 8.08. The molecule has 1 aliphatic carbocycles. The van der Waals surface area contributed by atoms with E-state index in [1.807, 2.05) is 0 Å². The molecule has 0 spiro atoms. The first-order chi connectivity index (χ1) is 9.16. The van der Waals surface area contributed by atoms with E-state index in [4.69, 9.17) is 4.74 Å². The number of rotatable bonds is 4. The molecule has 1 N–H and O–H groups in total. The van der Waals surface area contributed by atoms with Gasteiger partial charge >= 0.3 is 5.97 Å². The van der Waals surface area contributed by atoms with Crippen molar-refractivity contribution in [3.8, 4) is 0 Å². The molecule has 1 saturated carbocycles. The number of esters is 1. The van der Waals surface area contributed by atoms with Crippen LogP contribution in [0.1, 0.15) is 65.2 Å². The van der Waals surface area contributed by atoms with Gasteiger partial charge < -0.3 is 10.1 Å². The Morgan fingerprint density at radius 1 is 1.21 bits per heavy atom. The summed E-state index contributed by atoms with van der Waals surface area (Å²) in [5, 5.41) is 3.35. The molecule has 3 heteroatoms. The van der Waals surface area contributed by atoms with E-state index in [9.17, 15) is 4.79 Å². The van der Waals surface area contributed by atoms with E-state index in [2.05, 4.69) is 19.2 Å². The lowest BCUT2D eigenvalue weighted by molar-refractivity contribution is -0.166. The second kappa shape index (κ2) is 6.74. The average molecular weight is 267 g/mol. The maximum Gasteiger partial charge on any atom is 0.312 e. The third kappa shape index (κ3) is 3.71. The minimum Gasteiger partial charge on any atom is -0.462 e. The van der Waals surface area contributed by atoms with E-state index < -0.39 is 0 Å². The minimum atomic E-state index is -0.191. The van der Waals surface area contributed by atoms with Gasteiger partial charge in [-0.15, -0.1) is 0 Å². The molecule has 0 bridgehead atoms. The van der Waals surface area contributed by atoms with Gasteiger partial charge in [0.2, 0.25) is 0 Å². The van der Waals surface area contributed by atoms with Crippen LogP contribution in [0, 0.1) is 11.3 Å². The molecule has 2 rings (SSSR count). The largest absolute Gasteiger partial charge is 0.462 e. The quantitative estimate of drug-likeness (QED) is 0.794. The maximum atomic E-state index is 12.6. The summed E-state index contributed by atoms with van der Waals surface area (Å²) >= 11 is 0. The monoisotopic (exact) mass is 267 g/mol. The Labute approximate surface area is 117 Å². The Balaban J connectivity index is 1.92. The van der Waals surface area contributed by atoms with Gasteiger partial charge in [-0.05, 0) is 64.0 Å². The van der Waals surface area contributed by atoms with Gasteiger partial charge in [0.1, 0.15) is 6.10 Å². The van der Waals surface area contributed by atoms with Gasteiger partial charge in [-0.3, -0.25) is 4.79 Å². The van der Waals surface area contributed by atoms with Crippen LogP contribution < -0.4 is 5.32 Å². The van der Waals surface area contributed by atoms with Crippen LogP contribution in [0.25, 0.3) is 0 Å². The highest BCUT2D eigenvalue weighted by Crippen LogP contribution is 2.37. The van der Waals surface area contributed by atoms with Crippen molar-refractivity contribution in [1.82, 2.24) is 5.32 Å². The molecule has 0 amide bonds. The van der Waals surface area contributed by atoms with Gasteiger partial charge in [0.25, 0.3) is 0 Å². The zero-order valence-corrected chi connectivity index (χ0v) is 12.5. The number of carbonyl (C=O) groups is 1. The van der Waals surface area contributed by atoms with E-state index >= 15 is 0 Å². The van der Waals surface area contributed by atoms with Crippen LogP contribution >= 0.6 is 0 Å². The van der Waals surface area contributed by atoms with Crippen molar-refractivity contribution in [1.29, 1.82) is 0 Å². The Morgan fingerprint density at radius 3 is 2.42 bits per heavy atom. The van der Waals surface area contributed by atoms with Crippen LogP contribution in [0.2, 0.25) is 0 Å². The highest BCUT2D eigenvalue weighted by Gasteiger charge is 2.41. The lowest BCUT2D eigenvalue weighted by Crippen LogP contribution is -2.44. The molecule has 2 fully saturated rings. The zero-order chi connectivity index (χ0) is 13.7. The Kier molecular flexibility index (Phi) is 5.26. The van der Waals surface area contributed by atoms with Crippen LogP contribution in [-0.2, 0) is 9.53 Å². The highest BCUT2D eigenvalue weighted by molar-refractivity contribution is 5.77. The molecule has 0 aromatic rings. The highest BCUT2D eigenvalue weighted by atomic mass is 16.5. The van der Waals surface area contributed by atoms with Crippen molar-refractivity contribution in [2.45, 2.75) is 71.3 Å². The summed E-state index contributed by atoms with van der Waals surface area (Å²) in [6.07, 6.45) is 8.67. The third-order valence-electron chi connectivity index (χ3n) is 4.96. The van der Waals surface area contributed by atoms with Gasteiger partial charge in [-0.25, -0.2) is 0 Å². The number of nitrogens with one attached hydrogen (secondary N) is 1. The molecule has 19 heavy (non-hydrogen) atoms. The molecule has 0 aromatic carbocycles. The number of hydrogen-bond donors (Lipinski definition) is 1. The van der Waals surface area contributed by atoms with Crippen molar-refractivity contribution < 1.29 is 9.53 Å². The lowest BCUT2D eigenvalue weighted by Gasteiger charge is -2.37. The van der Waals surface area contributed by atoms with Gasteiger partial charge in [0.05, 0.1) is 5.41 Å². The smallest absolute Gasteiger partial charge is 0.312 e. The van der Waals surface area contributed by atoms with E-state index in [1.54, 1.807) is 0 Å². The first-order valence-electron chi connectivity index (χ1n) is 8.08. The van der Waals surface area contributed by atoms with Gasteiger partial charge in [-0.2, -0.15) is 0 Å². The summed E-state index contributed by atoms with van der Waals surface area (Å²) in [6.45, 7) is 6.37. The third-order valence-corrected chi connectivity index (χ3v) is 4.96. The summed E-state index contributed by atoms with van der Waals surface area (Å²) in [6, 6.07) is 0. The van der Waals surface area contributed by atoms with Crippen molar-refractivity contribution >= 4 is 5.97 Å². The Hall–Kier alpha value is -0.570.